The molecule has 2 fully saturated rings. The molecule has 7 heterocycles. The molecule has 2 saturated heterocycles. The van der Waals surface area contributed by atoms with Crippen LogP contribution < -0.4 is 11.1 Å². The molecule has 0 spiro atoms. The highest BCUT2D eigenvalue weighted by molar-refractivity contribution is 6.66. The van der Waals surface area contributed by atoms with E-state index in [9.17, 15) is 28.8 Å². The third-order valence-corrected chi connectivity index (χ3v) is 10.4. The molecule has 370 valence electrons. The number of hydrogen-bond donors (Lipinski definition) is 4. The fraction of sp³-hybridized carbons (Fsp3) is 0.341. The Balaban J connectivity index is 0.000000324. The van der Waals surface area contributed by atoms with E-state index < -0.39 is 17.2 Å². The number of aryl methyl sites for hydroxylation is 3. The highest BCUT2D eigenvalue weighted by atomic mass is 35.5. The number of carboxylic acids is 2. The number of halogens is 4. The number of rotatable bonds is 14. The number of hydrogen-bond acceptors (Lipinski definition) is 15. The van der Waals surface area contributed by atoms with Crippen molar-refractivity contribution in [3.05, 3.63) is 131 Å². The van der Waals surface area contributed by atoms with Crippen LogP contribution in [0.3, 0.4) is 0 Å². The van der Waals surface area contributed by atoms with Crippen molar-refractivity contribution in [2.45, 2.75) is 38.5 Å². The van der Waals surface area contributed by atoms with Gasteiger partial charge in [0.25, 0.3) is 5.91 Å². The van der Waals surface area contributed by atoms with Gasteiger partial charge in [0.05, 0.1) is 22.9 Å². The molecule has 0 bridgehead atoms. The van der Waals surface area contributed by atoms with Crippen LogP contribution in [0, 0.1) is 11.8 Å². The van der Waals surface area contributed by atoms with Crippen LogP contribution in [-0.4, -0.2) is 125 Å². The Kier molecular flexibility index (Phi) is 24.8. The van der Waals surface area contributed by atoms with Gasteiger partial charge in [-0.3, -0.25) is 33.2 Å². The van der Waals surface area contributed by atoms with Crippen molar-refractivity contribution in [1.82, 2.24) is 59.5 Å². The first-order chi connectivity index (χ1) is 32.2. The van der Waals surface area contributed by atoms with Crippen LogP contribution in [0.2, 0.25) is 10.0 Å². The standard InChI is InChI=1S/C18H20ClN5O2.C9H12ClN3.C9H10N2O3.C5H7N3O2.C3H3ClO.ClH/c1-3-15(25)7-14-8-16(22-23(14)2)18(26)24-5-4-12(11-24)6-17-20-9-13(19)10-21-17;10-8-5-12-9(13-6-8)3-7-1-2-11-4-7;1-3-7(12)4-6-5-8(9(13)14)10-11(6)2;1-8-4(6)2-3(7-8)5(9)10;1-2-3(4)5;/h3,8-10,12H,1,4-7,11H2,2H3;5-7,11H,1-4H2;3,5H,1,4H2,2H3,(H,13,14);2H,6H2,1H3,(H,9,10);2H,1H2;1H/t12-;7-;;;;/m00..../s1. The summed E-state index contributed by atoms with van der Waals surface area (Å²) in [6.45, 7) is 13.4. The Labute approximate surface area is 418 Å². The Hall–Kier alpha value is -6.65. The lowest BCUT2D eigenvalue weighted by Crippen LogP contribution is -2.29. The van der Waals surface area contributed by atoms with Crippen molar-refractivity contribution < 1.29 is 39.0 Å². The molecule has 0 aliphatic carbocycles. The highest BCUT2D eigenvalue weighted by Gasteiger charge is 2.29. The molecular formula is C44H53Cl4N13O8. The number of allylic oxidation sites excluding steroid dienone is 3. The van der Waals surface area contributed by atoms with Gasteiger partial charge >= 0.3 is 11.9 Å². The number of nitrogens with one attached hydrogen (secondary N) is 1. The number of carboxylic acid groups (broad SMARTS) is 2. The number of anilines is 1. The molecule has 69 heavy (non-hydrogen) atoms. The zero-order valence-corrected chi connectivity index (χ0v) is 41.1. The summed E-state index contributed by atoms with van der Waals surface area (Å²) in [6.07, 6.45) is 14.1. The normalized spacial score (nSPS) is 14.3. The molecule has 0 saturated carbocycles. The van der Waals surface area contributed by atoms with E-state index in [-0.39, 0.29) is 54.1 Å². The number of nitrogens with two attached hydrogens (primary N) is 1. The Morgan fingerprint density at radius 3 is 1.52 bits per heavy atom. The summed E-state index contributed by atoms with van der Waals surface area (Å²) in [7, 11) is 4.91. The number of carbonyl (C=O) groups is 6. The van der Waals surface area contributed by atoms with Gasteiger partial charge in [-0.25, -0.2) is 29.5 Å². The third-order valence-electron chi connectivity index (χ3n) is 9.88. The Bertz CT molecular complexity index is 2540. The van der Waals surface area contributed by atoms with Crippen LogP contribution in [0.5, 0.6) is 0 Å². The van der Waals surface area contributed by atoms with Gasteiger partial charge in [0.1, 0.15) is 17.5 Å². The summed E-state index contributed by atoms with van der Waals surface area (Å²) >= 11 is 16.2. The molecule has 0 aromatic carbocycles. The van der Waals surface area contributed by atoms with Gasteiger partial charge in [-0.2, -0.15) is 15.3 Å². The van der Waals surface area contributed by atoms with Crippen LogP contribution in [0.4, 0.5) is 5.82 Å². The largest absolute Gasteiger partial charge is 0.476 e. The smallest absolute Gasteiger partial charge is 0.356 e. The number of carbonyl (C=O) groups excluding carboxylic acids is 4. The van der Waals surface area contributed by atoms with Crippen LogP contribution in [0.25, 0.3) is 0 Å². The molecule has 5 aromatic rings. The Morgan fingerprint density at radius 2 is 1.14 bits per heavy atom. The van der Waals surface area contributed by atoms with Gasteiger partial charge in [0, 0.05) is 89.3 Å². The molecule has 0 radical (unpaired) electrons. The molecule has 2 aliphatic heterocycles. The lowest BCUT2D eigenvalue weighted by Gasteiger charge is -2.14. The Morgan fingerprint density at radius 1 is 0.710 bits per heavy atom. The summed E-state index contributed by atoms with van der Waals surface area (Å²) in [5.41, 5.74) is 6.86. The maximum absolute atomic E-state index is 12.7. The molecule has 21 nitrogen and oxygen atoms in total. The number of nitrogen functional groups attached to an aromatic ring is 1. The van der Waals surface area contributed by atoms with Crippen LogP contribution in [0.1, 0.15) is 67.3 Å². The number of nitrogens with zero attached hydrogens (tertiary/aromatic N) is 11. The van der Waals surface area contributed by atoms with Gasteiger partial charge < -0.3 is 26.2 Å². The molecule has 1 amide bonds. The van der Waals surface area contributed by atoms with Crippen molar-refractivity contribution >= 4 is 87.7 Å². The zero-order valence-electron chi connectivity index (χ0n) is 38.0. The van der Waals surface area contributed by atoms with Crippen LogP contribution >= 0.6 is 47.2 Å². The number of aromatic carboxylic acids is 2. The van der Waals surface area contributed by atoms with E-state index in [2.05, 4.69) is 60.3 Å². The minimum Gasteiger partial charge on any atom is -0.476 e. The average Bonchev–Trinajstić information content (AvgIpc) is 4.18. The summed E-state index contributed by atoms with van der Waals surface area (Å²) in [5, 5.41) is 32.5. The first kappa shape index (κ1) is 58.5. The quantitative estimate of drug-likeness (QED) is 0.0871. The topological polar surface area (TPSA) is 289 Å². The summed E-state index contributed by atoms with van der Waals surface area (Å²) in [6, 6.07) is 4.37. The molecule has 7 rings (SSSR count). The van der Waals surface area contributed by atoms with Gasteiger partial charge in [-0.05, 0) is 79.7 Å². The average molecular weight is 1030 g/mol. The third kappa shape index (κ3) is 20.2. The second-order valence-corrected chi connectivity index (χ2v) is 16.2. The zero-order chi connectivity index (χ0) is 50.5. The first-order valence-electron chi connectivity index (χ1n) is 20.6. The fourth-order valence-electron chi connectivity index (χ4n) is 6.28. The fourth-order valence-corrected chi connectivity index (χ4v) is 6.47. The molecule has 2 aliphatic rings. The molecular weight excluding hydrogens is 980 g/mol. The van der Waals surface area contributed by atoms with E-state index in [1.807, 2.05) is 0 Å². The van der Waals surface area contributed by atoms with Crippen molar-refractivity contribution in [2.24, 2.45) is 33.0 Å². The van der Waals surface area contributed by atoms with Crippen molar-refractivity contribution in [3.63, 3.8) is 0 Å². The van der Waals surface area contributed by atoms with E-state index in [0.717, 1.165) is 43.7 Å². The van der Waals surface area contributed by atoms with E-state index in [1.54, 1.807) is 61.6 Å². The second-order valence-electron chi connectivity index (χ2n) is 15.0. The van der Waals surface area contributed by atoms with Gasteiger partial charge in [0.15, 0.2) is 28.6 Å². The minimum absolute atomic E-state index is 0. The van der Waals surface area contributed by atoms with E-state index in [0.29, 0.717) is 64.3 Å². The van der Waals surface area contributed by atoms with Crippen molar-refractivity contribution in [3.8, 4) is 0 Å². The predicted octanol–water partition coefficient (Wildman–Crippen LogP) is 4.62. The molecule has 2 atom stereocenters. The van der Waals surface area contributed by atoms with E-state index >= 15 is 0 Å². The summed E-state index contributed by atoms with van der Waals surface area (Å²) in [4.78, 5) is 84.1. The maximum Gasteiger partial charge on any atom is 0.356 e. The summed E-state index contributed by atoms with van der Waals surface area (Å²) < 4.78 is 4.26. The highest BCUT2D eigenvalue weighted by Crippen LogP contribution is 2.22. The lowest BCUT2D eigenvalue weighted by molar-refractivity contribution is -0.114. The van der Waals surface area contributed by atoms with Gasteiger partial charge in [-0.1, -0.05) is 42.9 Å². The van der Waals surface area contributed by atoms with Gasteiger partial charge in [0.2, 0.25) is 5.24 Å². The summed E-state index contributed by atoms with van der Waals surface area (Å²) in [5.74, 6) is 0.447. The molecule has 5 aromatic heterocycles. The van der Waals surface area contributed by atoms with Crippen LogP contribution in [0.15, 0.2) is 81.0 Å². The van der Waals surface area contributed by atoms with Crippen LogP contribution in [-0.2, 0) is 61.2 Å². The number of likely N-dealkylation sites (tertiary alicyclic amines) is 1. The van der Waals surface area contributed by atoms with Gasteiger partial charge in [-0.15, -0.1) is 12.4 Å². The minimum atomic E-state index is -1.10. The number of ketones is 2. The number of amides is 1. The van der Waals surface area contributed by atoms with Crippen molar-refractivity contribution in [2.75, 3.05) is 31.9 Å². The van der Waals surface area contributed by atoms with E-state index in [1.165, 1.54) is 40.1 Å². The SMILES string of the molecule is C=CC(=O)Cc1cc(C(=O)N2CC[C@@H](Cc3ncc(Cl)cn3)C2)nn1C.C=CC(=O)Cc1cc(C(=O)O)nn1C.C=CC(=O)Cl.Cl.Clc1cnc(C[C@@H]2CCNC2)nc1.Cn1nc(C(=O)O)cc1N. The molecule has 0 unspecified atom stereocenters. The number of aromatic nitrogens is 10. The predicted molar refractivity (Wildman–Crippen MR) is 261 cm³/mol. The van der Waals surface area contributed by atoms with Crippen molar-refractivity contribution in [1.29, 1.82) is 0 Å². The molecule has 5 N–H and O–H groups in total. The van der Waals surface area contributed by atoms with E-state index in [4.69, 9.17) is 50.7 Å². The lowest BCUT2D eigenvalue weighted by atomic mass is 10.0. The first-order valence-corrected chi connectivity index (χ1v) is 21.7. The maximum atomic E-state index is 12.7. The monoisotopic (exact) mass is 1030 g/mol. The molecule has 25 heteroatoms. The second kappa shape index (κ2) is 29.3.